The Labute approximate surface area is 47.6 Å². The number of rotatable bonds is 2. The van der Waals surface area contributed by atoms with Gasteiger partial charge in [-0.25, -0.2) is 4.39 Å². The van der Waals surface area contributed by atoms with Gasteiger partial charge in [0.15, 0.2) is 12.1 Å². The predicted octanol–water partition coefficient (Wildman–Crippen LogP) is 0.558. The molecule has 0 fully saturated rings. The van der Waals surface area contributed by atoms with Gasteiger partial charge in [0.25, 0.3) is 0 Å². The summed E-state index contributed by atoms with van der Waals surface area (Å²) in [5, 5.41) is 0. The summed E-state index contributed by atoms with van der Waals surface area (Å²) in [5.74, 6) is -0.755. The molecule has 2 nitrogen and oxygen atoms in total. The minimum Gasteiger partial charge on any atom is -0.381 e. The van der Waals surface area contributed by atoms with Crippen molar-refractivity contribution in [3.8, 4) is 0 Å². The van der Waals surface area contributed by atoms with E-state index >= 15 is 0 Å². The quantitative estimate of drug-likeness (QED) is 0.389. The Balaban J connectivity index is 3.74. The van der Waals surface area contributed by atoms with Crippen LogP contribution in [0.5, 0.6) is 0 Å². The maximum Gasteiger partial charge on any atom is 0.179 e. The topological polar surface area (TPSA) is 20.3 Å². The second kappa shape index (κ2) is 3.18. The molecule has 0 rings (SSSR count). The maximum absolute atomic E-state index is 11.8. The van der Waals surface area contributed by atoms with Crippen LogP contribution in [0.3, 0.4) is 0 Å². The van der Waals surface area contributed by atoms with Crippen LogP contribution in [-0.2, 0) is 4.79 Å². The Bertz CT molecular complexity index is 109. The molecule has 0 aliphatic heterocycles. The fourth-order valence-electron chi connectivity index (χ4n) is 0.277. The first kappa shape index (κ1) is 7.14. The third-order valence-corrected chi connectivity index (χ3v) is 0.494. The van der Waals surface area contributed by atoms with E-state index in [9.17, 15) is 9.18 Å². The SMILES string of the molecule is CN(C)/C=C(\F)C=O. The summed E-state index contributed by atoms with van der Waals surface area (Å²) in [5.41, 5.74) is 0. The van der Waals surface area contributed by atoms with Crippen molar-refractivity contribution in [2.45, 2.75) is 0 Å². The standard InChI is InChI=1S/C5H8FNO/c1-7(2)3-5(6)4-8/h3-4H,1-2H3/b5-3-. The lowest BCUT2D eigenvalue weighted by molar-refractivity contribution is -0.106. The molecule has 0 spiro atoms. The molecule has 0 aromatic heterocycles. The first-order chi connectivity index (χ1) is 3.66. The second-order valence-electron chi connectivity index (χ2n) is 1.60. The molecule has 0 amide bonds. The second-order valence-corrected chi connectivity index (χ2v) is 1.60. The average Bonchev–Trinajstić information content (AvgIpc) is 1.65. The number of allylic oxidation sites excluding steroid dienone is 1. The van der Waals surface area contributed by atoms with E-state index in [4.69, 9.17) is 0 Å². The highest BCUT2D eigenvalue weighted by atomic mass is 19.1. The zero-order valence-corrected chi connectivity index (χ0v) is 4.89. The van der Waals surface area contributed by atoms with Crippen LogP contribution in [0.25, 0.3) is 0 Å². The Kier molecular flexibility index (Phi) is 2.84. The van der Waals surface area contributed by atoms with E-state index in [-0.39, 0.29) is 6.29 Å². The molecule has 0 heterocycles. The highest BCUT2D eigenvalue weighted by molar-refractivity contribution is 5.69. The minimum absolute atomic E-state index is 0.167. The number of hydrogen-bond donors (Lipinski definition) is 0. The number of hydrogen-bond acceptors (Lipinski definition) is 2. The van der Waals surface area contributed by atoms with Gasteiger partial charge in [-0.1, -0.05) is 0 Å². The lowest BCUT2D eigenvalue weighted by Crippen LogP contribution is -2.01. The lowest BCUT2D eigenvalue weighted by Gasteiger charge is -2.00. The van der Waals surface area contributed by atoms with Crippen LogP contribution in [0.15, 0.2) is 12.0 Å². The van der Waals surface area contributed by atoms with Crippen molar-refractivity contribution in [2.75, 3.05) is 14.1 Å². The Morgan fingerprint density at radius 1 is 1.62 bits per heavy atom. The van der Waals surface area contributed by atoms with E-state index in [0.717, 1.165) is 6.20 Å². The molecule has 0 N–H and O–H groups in total. The Morgan fingerprint density at radius 2 is 2.12 bits per heavy atom. The summed E-state index contributed by atoms with van der Waals surface area (Å²) < 4.78 is 11.8. The molecule has 8 heavy (non-hydrogen) atoms. The van der Waals surface area contributed by atoms with Crippen molar-refractivity contribution >= 4 is 6.29 Å². The van der Waals surface area contributed by atoms with Gasteiger partial charge in [0.05, 0.1) is 0 Å². The summed E-state index contributed by atoms with van der Waals surface area (Å²) in [6.45, 7) is 0. The van der Waals surface area contributed by atoms with Crippen molar-refractivity contribution in [1.29, 1.82) is 0 Å². The number of carbonyl (C=O) groups excluding carboxylic acids is 1. The fourth-order valence-corrected chi connectivity index (χ4v) is 0.277. The molecule has 0 aromatic carbocycles. The number of halogens is 1. The first-order valence-electron chi connectivity index (χ1n) is 2.15. The van der Waals surface area contributed by atoms with Crippen molar-refractivity contribution in [3.63, 3.8) is 0 Å². The molecule has 0 aromatic rings. The summed E-state index contributed by atoms with van der Waals surface area (Å²) in [6, 6.07) is 0. The highest BCUT2D eigenvalue weighted by Gasteiger charge is 1.87. The van der Waals surface area contributed by atoms with E-state index in [2.05, 4.69) is 0 Å². The molecule has 0 aliphatic rings. The largest absolute Gasteiger partial charge is 0.381 e. The molecule has 3 heteroatoms. The normalized spacial score (nSPS) is 11.1. The van der Waals surface area contributed by atoms with Gasteiger partial charge in [-0.15, -0.1) is 0 Å². The first-order valence-corrected chi connectivity index (χ1v) is 2.15. The van der Waals surface area contributed by atoms with Gasteiger partial charge in [0, 0.05) is 20.3 Å². The Hall–Kier alpha value is -0.860. The van der Waals surface area contributed by atoms with Gasteiger partial charge in [0.2, 0.25) is 0 Å². The molecule has 0 saturated heterocycles. The zero-order valence-electron chi connectivity index (χ0n) is 4.89. The summed E-state index contributed by atoms with van der Waals surface area (Å²) in [6.07, 6.45) is 1.27. The predicted molar refractivity (Wildman–Crippen MR) is 28.9 cm³/mol. The van der Waals surface area contributed by atoms with Crippen LogP contribution in [-0.4, -0.2) is 25.3 Å². The number of aldehydes is 1. The van der Waals surface area contributed by atoms with Crippen LogP contribution < -0.4 is 0 Å². The average molecular weight is 117 g/mol. The third-order valence-electron chi connectivity index (χ3n) is 0.494. The van der Waals surface area contributed by atoms with Gasteiger partial charge in [0.1, 0.15) is 0 Å². The molecule has 46 valence electrons. The Morgan fingerprint density at radius 3 is 2.25 bits per heavy atom. The molecule has 0 unspecified atom stereocenters. The van der Waals surface area contributed by atoms with Gasteiger partial charge in [-0.3, -0.25) is 4.79 Å². The monoisotopic (exact) mass is 117 g/mol. The van der Waals surface area contributed by atoms with Crippen molar-refractivity contribution in [2.24, 2.45) is 0 Å². The summed E-state index contributed by atoms with van der Waals surface area (Å²) >= 11 is 0. The van der Waals surface area contributed by atoms with Crippen molar-refractivity contribution < 1.29 is 9.18 Å². The van der Waals surface area contributed by atoms with Crippen LogP contribution in [0.4, 0.5) is 4.39 Å². The highest BCUT2D eigenvalue weighted by Crippen LogP contribution is 1.89. The van der Waals surface area contributed by atoms with E-state index < -0.39 is 5.83 Å². The minimum atomic E-state index is -0.755. The van der Waals surface area contributed by atoms with E-state index in [1.54, 1.807) is 14.1 Å². The number of carbonyl (C=O) groups is 1. The van der Waals surface area contributed by atoms with Gasteiger partial charge >= 0.3 is 0 Å². The van der Waals surface area contributed by atoms with E-state index in [1.807, 2.05) is 0 Å². The molecule has 0 aliphatic carbocycles. The lowest BCUT2D eigenvalue weighted by atomic mass is 10.6. The van der Waals surface area contributed by atoms with Crippen LogP contribution >= 0.6 is 0 Å². The molecule has 0 atom stereocenters. The summed E-state index contributed by atoms with van der Waals surface area (Å²) in [4.78, 5) is 11.0. The van der Waals surface area contributed by atoms with E-state index in [0.29, 0.717) is 0 Å². The van der Waals surface area contributed by atoms with Crippen molar-refractivity contribution in [3.05, 3.63) is 12.0 Å². The fraction of sp³-hybridized carbons (Fsp3) is 0.400. The smallest absolute Gasteiger partial charge is 0.179 e. The maximum atomic E-state index is 11.8. The van der Waals surface area contributed by atoms with Crippen molar-refractivity contribution in [1.82, 2.24) is 4.90 Å². The molecular formula is C5H8FNO. The zero-order chi connectivity index (χ0) is 6.57. The molecular weight excluding hydrogens is 109 g/mol. The summed E-state index contributed by atoms with van der Waals surface area (Å²) in [7, 11) is 3.28. The van der Waals surface area contributed by atoms with E-state index in [1.165, 1.54) is 4.90 Å². The van der Waals surface area contributed by atoms with Gasteiger partial charge in [-0.05, 0) is 0 Å². The van der Waals surface area contributed by atoms with Crippen LogP contribution in [0.2, 0.25) is 0 Å². The van der Waals surface area contributed by atoms with Gasteiger partial charge in [-0.2, -0.15) is 0 Å². The van der Waals surface area contributed by atoms with Gasteiger partial charge < -0.3 is 4.90 Å². The molecule has 0 bridgehead atoms. The number of nitrogens with zero attached hydrogens (tertiary/aromatic N) is 1. The molecule has 0 radical (unpaired) electrons. The van der Waals surface area contributed by atoms with Crippen LogP contribution in [0.1, 0.15) is 0 Å². The third kappa shape index (κ3) is 3.33. The molecule has 0 saturated carbocycles. The van der Waals surface area contributed by atoms with Crippen LogP contribution in [0, 0.1) is 0 Å².